The van der Waals surface area contributed by atoms with E-state index in [4.69, 9.17) is 10.00 Å². The average Bonchev–Trinajstić information content (AvgIpc) is 2.49. The van der Waals surface area contributed by atoms with Crippen LogP contribution in [0.5, 0.6) is 5.75 Å². The fraction of sp³-hybridized carbons (Fsp3) is 0.125. The highest BCUT2D eigenvalue weighted by Gasteiger charge is 2.10. The summed E-state index contributed by atoms with van der Waals surface area (Å²) in [4.78, 5) is 11.5. The van der Waals surface area contributed by atoms with E-state index in [2.05, 4.69) is 5.32 Å². The van der Waals surface area contributed by atoms with E-state index in [1.165, 1.54) is 6.20 Å². The van der Waals surface area contributed by atoms with Crippen molar-refractivity contribution in [2.24, 2.45) is 0 Å². The highest BCUT2D eigenvalue weighted by Crippen LogP contribution is 2.29. The van der Waals surface area contributed by atoms with Crippen LogP contribution in [-0.4, -0.2) is 17.7 Å². The van der Waals surface area contributed by atoms with Gasteiger partial charge in [0, 0.05) is 22.7 Å². The third-order valence-electron chi connectivity index (χ3n) is 2.89. The summed E-state index contributed by atoms with van der Waals surface area (Å²) in [6.45, 7) is 1.88. The van der Waals surface area contributed by atoms with E-state index in [0.717, 1.165) is 5.39 Å². The van der Waals surface area contributed by atoms with Gasteiger partial charge in [0.2, 0.25) is 0 Å². The Bertz CT molecular complexity index is 745. The van der Waals surface area contributed by atoms with Crippen LogP contribution in [0.1, 0.15) is 6.92 Å². The molecule has 2 aromatic carbocycles. The number of fused-ring (bicyclic) bond motifs is 1. The van der Waals surface area contributed by atoms with Gasteiger partial charge in [0.15, 0.2) is 5.57 Å². The van der Waals surface area contributed by atoms with Crippen molar-refractivity contribution in [3.8, 4) is 11.8 Å². The maximum atomic E-state index is 11.5. The summed E-state index contributed by atoms with van der Waals surface area (Å²) in [5.74, 6) is -0.499. The molecule has 0 aliphatic heterocycles. The first-order chi connectivity index (χ1) is 10.2. The lowest BCUT2D eigenvalue weighted by Crippen LogP contribution is -2.07. The van der Waals surface area contributed by atoms with E-state index >= 15 is 0 Å². The summed E-state index contributed by atoms with van der Waals surface area (Å²) in [6.07, 6.45) is 1.30. The minimum Gasteiger partial charge on any atom is -0.507 e. The Hall–Kier alpha value is -3.00. The molecule has 2 rings (SSSR count). The third-order valence-corrected chi connectivity index (χ3v) is 2.89. The Labute approximate surface area is 122 Å². The maximum Gasteiger partial charge on any atom is 0.350 e. The number of nitriles is 1. The highest BCUT2D eigenvalue weighted by atomic mass is 16.5. The van der Waals surface area contributed by atoms with Crippen LogP contribution in [0.2, 0.25) is 0 Å². The van der Waals surface area contributed by atoms with Gasteiger partial charge in [-0.1, -0.05) is 24.3 Å². The first-order valence-corrected chi connectivity index (χ1v) is 6.42. The standard InChI is InChI=1S/C16H14N2O3/c1-2-21-16(20)11(9-17)10-18-14-7-3-6-13-12(14)5-4-8-15(13)19/h3-8,10,18-19H,2H2,1H3/b11-10+. The van der Waals surface area contributed by atoms with Crippen LogP contribution in [0.3, 0.4) is 0 Å². The molecule has 0 unspecified atom stereocenters. The molecular weight excluding hydrogens is 268 g/mol. The molecule has 0 bridgehead atoms. The molecule has 0 amide bonds. The SMILES string of the molecule is CCOC(=O)/C(C#N)=C/Nc1cccc2c(O)cccc12. The lowest BCUT2D eigenvalue weighted by atomic mass is 10.1. The number of aromatic hydroxyl groups is 1. The van der Waals surface area contributed by atoms with Crippen LogP contribution in [-0.2, 0) is 9.53 Å². The third kappa shape index (κ3) is 3.12. The van der Waals surface area contributed by atoms with Crippen LogP contribution in [0, 0.1) is 11.3 Å². The van der Waals surface area contributed by atoms with Gasteiger partial charge in [-0.3, -0.25) is 0 Å². The topological polar surface area (TPSA) is 82.4 Å². The molecule has 106 valence electrons. The summed E-state index contributed by atoms with van der Waals surface area (Å²) in [5.41, 5.74) is 0.564. The number of carbonyl (C=O) groups is 1. The number of esters is 1. The number of nitrogens with one attached hydrogen (secondary N) is 1. The molecule has 21 heavy (non-hydrogen) atoms. The summed E-state index contributed by atoms with van der Waals surface area (Å²) in [5, 5.41) is 23.1. The van der Waals surface area contributed by atoms with Crippen LogP contribution >= 0.6 is 0 Å². The zero-order valence-corrected chi connectivity index (χ0v) is 11.5. The number of hydrogen-bond donors (Lipinski definition) is 2. The second-order valence-corrected chi connectivity index (χ2v) is 4.21. The zero-order valence-electron chi connectivity index (χ0n) is 11.5. The van der Waals surface area contributed by atoms with Crippen LogP contribution in [0.4, 0.5) is 5.69 Å². The number of rotatable bonds is 4. The number of phenols is 1. The van der Waals surface area contributed by atoms with E-state index in [0.29, 0.717) is 11.1 Å². The Balaban J connectivity index is 2.34. The highest BCUT2D eigenvalue weighted by molar-refractivity contribution is 5.98. The van der Waals surface area contributed by atoms with Crippen LogP contribution < -0.4 is 5.32 Å². The van der Waals surface area contributed by atoms with Gasteiger partial charge in [-0.15, -0.1) is 0 Å². The molecule has 0 saturated carbocycles. The van der Waals surface area contributed by atoms with Crippen molar-refractivity contribution in [1.82, 2.24) is 0 Å². The van der Waals surface area contributed by atoms with E-state index in [-0.39, 0.29) is 17.9 Å². The predicted octanol–water partition coefficient (Wildman–Crippen LogP) is 2.93. The molecule has 5 heteroatoms. The van der Waals surface area contributed by atoms with Gasteiger partial charge in [0.05, 0.1) is 6.61 Å². The Morgan fingerprint density at radius 2 is 2.05 bits per heavy atom. The van der Waals surface area contributed by atoms with Gasteiger partial charge >= 0.3 is 5.97 Å². The number of hydrogen-bond acceptors (Lipinski definition) is 5. The zero-order chi connectivity index (χ0) is 15.2. The van der Waals surface area contributed by atoms with Gasteiger partial charge < -0.3 is 15.2 Å². The molecule has 0 aliphatic rings. The largest absolute Gasteiger partial charge is 0.507 e. The van der Waals surface area contributed by atoms with Crippen LogP contribution in [0.15, 0.2) is 48.2 Å². The molecule has 0 heterocycles. The molecule has 0 atom stereocenters. The molecule has 0 aromatic heterocycles. The summed E-state index contributed by atoms with van der Waals surface area (Å²) < 4.78 is 4.78. The fourth-order valence-electron chi connectivity index (χ4n) is 1.91. The lowest BCUT2D eigenvalue weighted by Gasteiger charge is -2.08. The summed E-state index contributed by atoms with van der Waals surface area (Å²) in [7, 11) is 0. The van der Waals surface area contributed by atoms with Crippen molar-refractivity contribution in [2.75, 3.05) is 11.9 Å². The normalized spacial score (nSPS) is 11.0. The van der Waals surface area contributed by atoms with Gasteiger partial charge in [0.25, 0.3) is 0 Å². The second kappa shape index (κ2) is 6.44. The second-order valence-electron chi connectivity index (χ2n) is 4.21. The Morgan fingerprint density at radius 3 is 2.76 bits per heavy atom. The quantitative estimate of drug-likeness (QED) is 0.512. The number of phenolic OH excluding ortho intramolecular Hbond substituents is 1. The molecule has 0 fully saturated rings. The van der Waals surface area contributed by atoms with Gasteiger partial charge in [0.1, 0.15) is 11.8 Å². The van der Waals surface area contributed by atoms with Crippen molar-refractivity contribution in [2.45, 2.75) is 6.92 Å². The number of nitrogens with zero attached hydrogens (tertiary/aromatic N) is 1. The van der Waals surface area contributed by atoms with Gasteiger partial charge in [-0.2, -0.15) is 5.26 Å². The van der Waals surface area contributed by atoms with E-state index in [1.807, 2.05) is 6.07 Å². The molecular formula is C16H14N2O3. The van der Waals surface area contributed by atoms with Crippen molar-refractivity contribution < 1.29 is 14.6 Å². The first-order valence-electron chi connectivity index (χ1n) is 6.42. The molecule has 2 N–H and O–H groups in total. The van der Waals surface area contributed by atoms with E-state index in [9.17, 15) is 9.90 Å². The molecule has 0 spiro atoms. The maximum absolute atomic E-state index is 11.5. The molecule has 0 saturated heterocycles. The number of anilines is 1. The first kappa shape index (κ1) is 14.4. The van der Waals surface area contributed by atoms with Crippen molar-refractivity contribution in [3.05, 3.63) is 48.2 Å². The average molecular weight is 282 g/mol. The minimum absolute atomic E-state index is 0.117. The monoisotopic (exact) mass is 282 g/mol. The lowest BCUT2D eigenvalue weighted by molar-refractivity contribution is -0.138. The summed E-state index contributed by atoms with van der Waals surface area (Å²) in [6, 6.07) is 12.3. The molecule has 5 nitrogen and oxygen atoms in total. The number of carbonyl (C=O) groups excluding carboxylic acids is 1. The van der Waals surface area contributed by atoms with Gasteiger partial charge in [-0.25, -0.2) is 4.79 Å². The van der Waals surface area contributed by atoms with Crippen molar-refractivity contribution in [3.63, 3.8) is 0 Å². The van der Waals surface area contributed by atoms with Crippen LogP contribution in [0.25, 0.3) is 10.8 Å². The Kier molecular flexibility index (Phi) is 4.42. The Morgan fingerprint density at radius 1 is 1.33 bits per heavy atom. The minimum atomic E-state index is -0.671. The molecule has 0 aliphatic carbocycles. The van der Waals surface area contributed by atoms with E-state index < -0.39 is 5.97 Å². The number of ether oxygens (including phenoxy) is 1. The smallest absolute Gasteiger partial charge is 0.350 e. The predicted molar refractivity (Wildman–Crippen MR) is 79.6 cm³/mol. The van der Waals surface area contributed by atoms with E-state index in [1.54, 1.807) is 43.3 Å². The summed E-state index contributed by atoms with van der Waals surface area (Å²) >= 11 is 0. The van der Waals surface area contributed by atoms with Crippen molar-refractivity contribution >= 4 is 22.4 Å². The fourth-order valence-corrected chi connectivity index (χ4v) is 1.91. The molecule has 0 radical (unpaired) electrons. The van der Waals surface area contributed by atoms with Gasteiger partial charge in [-0.05, 0) is 19.1 Å². The van der Waals surface area contributed by atoms with Crippen molar-refractivity contribution in [1.29, 1.82) is 5.26 Å². The molecule has 2 aromatic rings. The number of benzene rings is 2.